The van der Waals surface area contributed by atoms with Crippen molar-refractivity contribution in [3.05, 3.63) is 28.8 Å². The largest absolute Gasteiger partial charge is 0.496 e. The first-order valence-electron chi connectivity index (χ1n) is 5.99. The van der Waals surface area contributed by atoms with Gasteiger partial charge in [0.15, 0.2) is 0 Å². The molecular formula is C14H21NO2. The summed E-state index contributed by atoms with van der Waals surface area (Å²) in [5.41, 5.74) is 3.38. The van der Waals surface area contributed by atoms with Crippen LogP contribution < -0.4 is 10.1 Å². The molecule has 0 saturated carbocycles. The van der Waals surface area contributed by atoms with Crippen molar-refractivity contribution < 1.29 is 9.53 Å². The standard InChI is InChI=1S/C14H21NO2/c1-5-6-14(16)15-9-12-11(3)7-10(2)8-13(12)17-4/h7-8H,5-6,9H2,1-4H3,(H,15,16). The van der Waals surface area contributed by atoms with E-state index in [-0.39, 0.29) is 5.91 Å². The van der Waals surface area contributed by atoms with E-state index in [1.165, 1.54) is 5.56 Å². The highest BCUT2D eigenvalue weighted by atomic mass is 16.5. The van der Waals surface area contributed by atoms with Crippen molar-refractivity contribution in [1.82, 2.24) is 5.32 Å². The average Bonchev–Trinajstić information content (AvgIpc) is 2.27. The molecule has 3 nitrogen and oxygen atoms in total. The third kappa shape index (κ3) is 3.77. The normalized spacial score (nSPS) is 10.1. The molecular weight excluding hydrogens is 214 g/mol. The smallest absolute Gasteiger partial charge is 0.220 e. The van der Waals surface area contributed by atoms with Crippen LogP contribution in [0.3, 0.4) is 0 Å². The van der Waals surface area contributed by atoms with Gasteiger partial charge in [-0.2, -0.15) is 0 Å². The predicted molar refractivity (Wildman–Crippen MR) is 69.2 cm³/mol. The van der Waals surface area contributed by atoms with E-state index in [0.29, 0.717) is 13.0 Å². The van der Waals surface area contributed by atoms with Crippen LogP contribution in [0, 0.1) is 13.8 Å². The van der Waals surface area contributed by atoms with Crippen molar-refractivity contribution in [1.29, 1.82) is 0 Å². The summed E-state index contributed by atoms with van der Waals surface area (Å²) in [6.07, 6.45) is 1.45. The number of hydrogen-bond acceptors (Lipinski definition) is 2. The molecule has 0 radical (unpaired) electrons. The van der Waals surface area contributed by atoms with Gasteiger partial charge in [0, 0.05) is 18.5 Å². The molecule has 0 fully saturated rings. The van der Waals surface area contributed by atoms with Gasteiger partial charge in [-0.15, -0.1) is 0 Å². The monoisotopic (exact) mass is 235 g/mol. The minimum Gasteiger partial charge on any atom is -0.496 e. The number of hydrogen-bond donors (Lipinski definition) is 1. The van der Waals surface area contributed by atoms with E-state index < -0.39 is 0 Å². The summed E-state index contributed by atoms with van der Waals surface area (Å²) >= 11 is 0. The highest BCUT2D eigenvalue weighted by Crippen LogP contribution is 2.23. The van der Waals surface area contributed by atoms with Crippen molar-refractivity contribution in [2.75, 3.05) is 7.11 Å². The minimum atomic E-state index is 0.0922. The molecule has 0 unspecified atom stereocenters. The van der Waals surface area contributed by atoms with Crippen LogP contribution in [-0.2, 0) is 11.3 Å². The second-order valence-corrected chi connectivity index (χ2v) is 4.29. The first-order valence-corrected chi connectivity index (χ1v) is 5.99. The van der Waals surface area contributed by atoms with Crippen LogP contribution in [0.1, 0.15) is 36.5 Å². The summed E-state index contributed by atoms with van der Waals surface area (Å²) in [4.78, 5) is 11.4. The fourth-order valence-electron chi connectivity index (χ4n) is 1.87. The average molecular weight is 235 g/mol. The Balaban J connectivity index is 2.79. The summed E-state index contributed by atoms with van der Waals surface area (Å²) < 4.78 is 5.35. The molecule has 1 amide bonds. The van der Waals surface area contributed by atoms with Gasteiger partial charge in [-0.3, -0.25) is 4.79 Å². The van der Waals surface area contributed by atoms with Crippen LogP contribution in [0.15, 0.2) is 12.1 Å². The molecule has 0 aromatic heterocycles. The quantitative estimate of drug-likeness (QED) is 0.852. The van der Waals surface area contributed by atoms with E-state index in [9.17, 15) is 4.79 Å². The number of ether oxygens (including phenoxy) is 1. The van der Waals surface area contributed by atoms with E-state index in [4.69, 9.17) is 4.74 Å². The van der Waals surface area contributed by atoms with Crippen LogP contribution >= 0.6 is 0 Å². The maximum Gasteiger partial charge on any atom is 0.220 e. The summed E-state index contributed by atoms with van der Waals surface area (Å²) in [6, 6.07) is 4.10. The van der Waals surface area contributed by atoms with E-state index in [1.807, 2.05) is 26.8 Å². The molecule has 0 heterocycles. The van der Waals surface area contributed by atoms with E-state index >= 15 is 0 Å². The van der Waals surface area contributed by atoms with Gasteiger partial charge in [0.1, 0.15) is 5.75 Å². The highest BCUT2D eigenvalue weighted by molar-refractivity contribution is 5.75. The van der Waals surface area contributed by atoms with Gasteiger partial charge < -0.3 is 10.1 Å². The third-order valence-corrected chi connectivity index (χ3v) is 2.74. The van der Waals surface area contributed by atoms with Crippen LogP contribution in [0.5, 0.6) is 5.75 Å². The molecule has 1 N–H and O–H groups in total. The fourth-order valence-corrected chi connectivity index (χ4v) is 1.87. The minimum absolute atomic E-state index is 0.0922. The van der Waals surface area contributed by atoms with Crippen molar-refractivity contribution in [2.45, 2.75) is 40.2 Å². The number of benzene rings is 1. The van der Waals surface area contributed by atoms with E-state index in [1.54, 1.807) is 7.11 Å². The number of amides is 1. The maximum atomic E-state index is 11.4. The Morgan fingerprint density at radius 1 is 1.35 bits per heavy atom. The molecule has 0 aliphatic heterocycles. The van der Waals surface area contributed by atoms with Gasteiger partial charge in [-0.25, -0.2) is 0 Å². The second kappa shape index (κ2) is 6.28. The number of nitrogens with one attached hydrogen (secondary N) is 1. The first-order chi connectivity index (χ1) is 8.08. The Kier molecular flexibility index (Phi) is 5.01. The van der Waals surface area contributed by atoms with Crippen molar-refractivity contribution in [3.8, 4) is 5.75 Å². The molecule has 0 saturated heterocycles. The molecule has 94 valence electrons. The molecule has 1 aromatic rings. The van der Waals surface area contributed by atoms with Crippen LogP contribution in [-0.4, -0.2) is 13.0 Å². The number of carbonyl (C=O) groups is 1. The predicted octanol–water partition coefficient (Wildman–Crippen LogP) is 2.73. The lowest BCUT2D eigenvalue weighted by Gasteiger charge is -2.13. The molecule has 17 heavy (non-hydrogen) atoms. The van der Waals surface area contributed by atoms with E-state index in [0.717, 1.165) is 23.3 Å². The summed E-state index contributed by atoms with van der Waals surface area (Å²) in [7, 11) is 1.66. The van der Waals surface area contributed by atoms with Gasteiger partial charge in [-0.1, -0.05) is 13.0 Å². The van der Waals surface area contributed by atoms with E-state index in [2.05, 4.69) is 11.4 Å². The van der Waals surface area contributed by atoms with Crippen molar-refractivity contribution in [2.24, 2.45) is 0 Å². The van der Waals surface area contributed by atoms with Crippen molar-refractivity contribution in [3.63, 3.8) is 0 Å². The van der Waals surface area contributed by atoms with Gasteiger partial charge in [0.05, 0.1) is 7.11 Å². The molecule has 0 atom stereocenters. The number of methoxy groups -OCH3 is 1. The van der Waals surface area contributed by atoms with Crippen LogP contribution in [0.2, 0.25) is 0 Å². The third-order valence-electron chi connectivity index (χ3n) is 2.74. The zero-order chi connectivity index (χ0) is 12.8. The zero-order valence-electron chi connectivity index (χ0n) is 11.1. The topological polar surface area (TPSA) is 38.3 Å². The number of rotatable bonds is 5. The highest BCUT2D eigenvalue weighted by Gasteiger charge is 2.08. The molecule has 0 spiro atoms. The number of aryl methyl sites for hydroxylation is 2. The van der Waals surface area contributed by atoms with Gasteiger partial charge in [0.25, 0.3) is 0 Å². The second-order valence-electron chi connectivity index (χ2n) is 4.29. The van der Waals surface area contributed by atoms with Gasteiger partial charge >= 0.3 is 0 Å². The molecule has 0 bridgehead atoms. The SMILES string of the molecule is CCCC(=O)NCc1c(C)cc(C)cc1OC. The Bertz CT molecular complexity index is 399. The lowest BCUT2D eigenvalue weighted by atomic mass is 10.0. The maximum absolute atomic E-state index is 11.4. The lowest BCUT2D eigenvalue weighted by molar-refractivity contribution is -0.121. The Hall–Kier alpha value is -1.51. The zero-order valence-corrected chi connectivity index (χ0v) is 11.1. The summed E-state index contributed by atoms with van der Waals surface area (Å²) in [5, 5.41) is 2.92. The molecule has 1 rings (SSSR count). The first kappa shape index (κ1) is 13.6. The Morgan fingerprint density at radius 3 is 2.65 bits per heavy atom. The Labute approximate surface area is 103 Å². The van der Waals surface area contributed by atoms with Gasteiger partial charge in [0.2, 0.25) is 5.91 Å². The van der Waals surface area contributed by atoms with Crippen LogP contribution in [0.25, 0.3) is 0 Å². The molecule has 3 heteroatoms. The van der Waals surface area contributed by atoms with Crippen LogP contribution in [0.4, 0.5) is 0 Å². The van der Waals surface area contributed by atoms with Crippen molar-refractivity contribution >= 4 is 5.91 Å². The number of carbonyl (C=O) groups excluding carboxylic acids is 1. The molecule has 1 aromatic carbocycles. The van der Waals surface area contributed by atoms with Gasteiger partial charge in [-0.05, 0) is 37.5 Å². The fraction of sp³-hybridized carbons (Fsp3) is 0.500. The molecule has 0 aliphatic carbocycles. The Morgan fingerprint density at radius 2 is 2.06 bits per heavy atom. The summed E-state index contributed by atoms with van der Waals surface area (Å²) in [5.74, 6) is 0.939. The lowest BCUT2D eigenvalue weighted by Crippen LogP contribution is -2.22. The molecule has 0 aliphatic rings. The summed E-state index contributed by atoms with van der Waals surface area (Å²) in [6.45, 7) is 6.61.